The van der Waals surface area contributed by atoms with Gasteiger partial charge < -0.3 is 24.4 Å². The molecule has 0 saturated carbocycles. The minimum atomic E-state index is -3.86. The first-order chi connectivity index (χ1) is 17.8. The zero-order valence-corrected chi connectivity index (χ0v) is 23.6. The smallest absolute Gasteiger partial charge is 0.244 e. The Morgan fingerprint density at radius 1 is 1.05 bits per heavy atom. The van der Waals surface area contributed by atoms with Gasteiger partial charge in [-0.2, -0.15) is 0 Å². The van der Waals surface area contributed by atoms with Crippen molar-refractivity contribution in [2.45, 2.75) is 52.2 Å². The van der Waals surface area contributed by atoms with Crippen LogP contribution in [-0.4, -0.2) is 69.8 Å². The average molecular weight is 548 g/mol. The van der Waals surface area contributed by atoms with Crippen LogP contribution in [-0.2, 0) is 26.2 Å². The largest absolute Gasteiger partial charge is 0.497 e. The second-order valence-electron chi connectivity index (χ2n) is 10.1. The molecule has 2 aromatic carbocycles. The molecule has 38 heavy (non-hydrogen) atoms. The lowest BCUT2D eigenvalue weighted by Crippen LogP contribution is -2.55. The maximum atomic E-state index is 13.8. The van der Waals surface area contributed by atoms with Crippen LogP contribution in [0.2, 0.25) is 0 Å². The third-order valence-electron chi connectivity index (χ3n) is 5.89. The number of anilines is 1. The van der Waals surface area contributed by atoms with Gasteiger partial charge in [-0.15, -0.1) is 0 Å². The van der Waals surface area contributed by atoms with Crippen molar-refractivity contribution in [3.05, 3.63) is 48.0 Å². The second kappa shape index (κ2) is 11.9. The molecular weight excluding hydrogens is 510 g/mol. The SMILES string of the molecule is CCC(C(=O)NC(C)(C)C)N(Cc1ccc(OC)cc1)C(=O)CN(c1ccc2c(c1)OCCO2)S(C)(=O)=O. The number of carbonyl (C=O) groups excluding carboxylic acids is 2. The Balaban J connectivity index is 1.96. The normalized spacial score (nSPS) is 13.8. The Hall–Kier alpha value is -3.47. The van der Waals surface area contributed by atoms with Gasteiger partial charge in [0.25, 0.3) is 0 Å². The Morgan fingerprint density at radius 3 is 2.24 bits per heavy atom. The van der Waals surface area contributed by atoms with E-state index in [1.807, 2.05) is 39.8 Å². The van der Waals surface area contributed by atoms with Crippen LogP contribution in [0.15, 0.2) is 42.5 Å². The van der Waals surface area contributed by atoms with Gasteiger partial charge in [0.2, 0.25) is 21.8 Å². The van der Waals surface area contributed by atoms with E-state index < -0.39 is 34.1 Å². The standard InChI is InChI=1S/C27H37N3O7S/c1-7-22(26(32)28-27(2,3)4)29(17-19-8-11-21(35-5)12-9-19)25(31)18-30(38(6,33)34)20-10-13-23-24(16-20)37-15-14-36-23/h8-13,16,22H,7,14-15,17-18H2,1-6H3,(H,28,32). The molecule has 3 rings (SSSR count). The molecule has 0 radical (unpaired) electrons. The fourth-order valence-electron chi connectivity index (χ4n) is 4.10. The molecule has 2 amide bonds. The Labute approximate surface area is 224 Å². The van der Waals surface area contributed by atoms with Crippen molar-refractivity contribution in [1.82, 2.24) is 10.2 Å². The highest BCUT2D eigenvalue weighted by atomic mass is 32.2. The molecule has 1 unspecified atom stereocenters. The number of hydrogen-bond acceptors (Lipinski definition) is 7. The van der Waals surface area contributed by atoms with Gasteiger partial charge >= 0.3 is 0 Å². The molecule has 11 heteroatoms. The first kappa shape index (κ1) is 29.1. The molecule has 0 bridgehead atoms. The zero-order chi connectivity index (χ0) is 28.1. The fourth-order valence-corrected chi connectivity index (χ4v) is 4.94. The van der Waals surface area contributed by atoms with Crippen LogP contribution in [0.1, 0.15) is 39.7 Å². The number of ether oxygens (including phenoxy) is 3. The molecule has 0 fully saturated rings. The van der Waals surface area contributed by atoms with Crippen LogP contribution in [0, 0.1) is 0 Å². The van der Waals surface area contributed by atoms with Crippen LogP contribution in [0.3, 0.4) is 0 Å². The molecule has 0 spiro atoms. The summed E-state index contributed by atoms with van der Waals surface area (Å²) in [4.78, 5) is 28.5. The van der Waals surface area contributed by atoms with Crippen LogP contribution >= 0.6 is 0 Å². The molecule has 1 aliphatic rings. The van der Waals surface area contributed by atoms with E-state index in [-0.39, 0.29) is 18.1 Å². The summed E-state index contributed by atoms with van der Waals surface area (Å²) >= 11 is 0. The van der Waals surface area contributed by atoms with E-state index in [2.05, 4.69) is 5.32 Å². The second-order valence-corrected chi connectivity index (χ2v) is 12.0. The van der Waals surface area contributed by atoms with Gasteiger partial charge in [-0.05, 0) is 57.0 Å². The highest BCUT2D eigenvalue weighted by Crippen LogP contribution is 2.34. The van der Waals surface area contributed by atoms with Crippen molar-refractivity contribution in [3.63, 3.8) is 0 Å². The van der Waals surface area contributed by atoms with E-state index in [1.165, 1.54) is 4.90 Å². The van der Waals surface area contributed by atoms with E-state index in [0.29, 0.717) is 36.9 Å². The number of carbonyl (C=O) groups is 2. The molecule has 1 atom stereocenters. The van der Waals surface area contributed by atoms with Crippen molar-refractivity contribution in [2.24, 2.45) is 0 Å². The number of nitrogens with zero attached hydrogens (tertiary/aromatic N) is 2. The minimum absolute atomic E-state index is 0.109. The predicted octanol–water partition coefficient (Wildman–Crippen LogP) is 2.95. The van der Waals surface area contributed by atoms with Gasteiger partial charge in [0.1, 0.15) is 31.5 Å². The molecule has 0 aromatic heterocycles. The van der Waals surface area contributed by atoms with Gasteiger partial charge in [-0.25, -0.2) is 8.42 Å². The molecule has 1 heterocycles. The van der Waals surface area contributed by atoms with Crippen LogP contribution in [0.4, 0.5) is 5.69 Å². The summed E-state index contributed by atoms with van der Waals surface area (Å²) in [6.45, 7) is 7.75. The lowest BCUT2D eigenvalue weighted by molar-refractivity contribution is -0.141. The lowest BCUT2D eigenvalue weighted by Gasteiger charge is -2.34. The van der Waals surface area contributed by atoms with Gasteiger partial charge in [-0.3, -0.25) is 13.9 Å². The Bertz CT molecular complexity index is 1240. The summed E-state index contributed by atoms with van der Waals surface area (Å²) < 4.78 is 43.1. The first-order valence-electron chi connectivity index (χ1n) is 12.4. The monoisotopic (exact) mass is 547 g/mol. The third-order valence-corrected chi connectivity index (χ3v) is 7.03. The van der Waals surface area contributed by atoms with E-state index in [1.54, 1.807) is 37.4 Å². The van der Waals surface area contributed by atoms with Gasteiger partial charge in [0.15, 0.2) is 11.5 Å². The van der Waals surface area contributed by atoms with Crippen molar-refractivity contribution in [2.75, 3.05) is 37.4 Å². The summed E-state index contributed by atoms with van der Waals surface area (Å²) in [6.07, 6.45) is 1.38. The molecule has 0 saturated heterocycles. The van der Waals surface area contributed by atoms with Crippen molar-refractivity contribution < 1.29 is 32.2 Å². The summed E-state index contributed by atoms with van der Waals surface area (Å²) in [5.74, 6) is 0.738. The number of nitrogens with one attached hydrogen (secondary N) is 1. The number of fused-ring (bicyclic) bond motifs is 1. The zero-order valence-electron chi connectivity index (χ0n) is 22.8. The first-order valence-corrected chi connectivity index (χ1v) is 14.3. The van der Waals surface area contributed by atoms with Crippen molar-refractivity contribution >= 4 is 27.5 Å². The summed E-state index contributed by atoms with van der Waals surface area (Å²) in [6, 6.07) is 11.1. The number of amides is 2. The van der Waals surface area contributed by atoms with Crippen LogP contribution in [0.5, 0.6) is 17.2 Å². The average Bonchev–Trinajstić information content (AvgIpc) is 2.85. The van der Waals surface area contributed by atoms with Gasteiger partial charge in [0, 0.05) is 18.2 Å². The third kappa shape index (κ3) is 7.53. The number of benzene rings is 2. The van der Waals surface area contributed by atoms with E-state index in [4.69, 9.17) is 14.2 Å². The van der Waals surface area contributed by atoms with Crippen molar-refractivity contribution in [1.29, 1.82) is 0 Å². The quantitative estimate of drug-likeness (QED) is 0.486. The van der Waals surface area contributed by atoms with Crippen molar-refractivity contribution in [3.8, 4) is 17.2 Å². The molecule has 1 aliphatic heterocycles. The van der Waals surface area contributed by atoms with E-state index >= 15 is 0 Å². The van der Waals surface area contributed by atoms with Crippen LogP contribution < -0.4 is 23.8 Å². The highest BCUT2D eigenvalue weighted by Gasteiger charge is 2.33. The number of sulfonamides is 1. The summed E-state index contributed by atoms with van der Waals surface area (Å²) in [7, 11) is -2.30. The fraction of sp³-hybridized carbons (Fsp3) is 0.481. The number of rotatable bonds is 10. The predicted molar refractivity (Wildman–Crippen MR) is 145 cm³/mol. The van der Waals surface area contributed by atoms with Gasteiger partial charge in [0.05, 0.1) is 19.1 Å². The molecule has 1 N–H and O–H groups in total. The maximum Gasteiger partial charge on any atom is 0.244 e. The van der Waals surface area contributed by atoms with E-state index in [9.17, 15) is 18.0 Å². The summed E-state index contributed by atoms with van der Waals surface area (Å²) in [5, 5.41) is 2.94. The molecular formula is C27H37N3O7S. The van der Waals surface area contributed by atoms with Crippen LogP contribution in [0.25, 0.3) is 0 Å². The summed E-state index contributed by atoms with van der Waals surface area (Å²) in [5.41, 5.74) is 0.525. The number of methoxy groups -OCH3 is 1. The number of hydrogen-bond donors (Lipinski definition) is 1. The topological polar surface area (TPSA) is 114 Å². The molecule has 0 aliphatic carbocycles. The lowest BCUT2D eigenvalue weighted by atomic mass is 10.1. The Morgan fingerprint density at radius 2 is 1.68 bits per heavy atom. The van der Waals surface area contributed by atoms with Gasteiger partial charge in [-0.1, -0.05) is 19.1 Å². The molecule has 208 valence electrons. The molecule has 2 aromatic rings. The van der Waals surface area contributed by atoms with E-state index in [0.717, 1.165) is 16.1 Å². The Kier molecular flexibility index (Phi) is 9.14. The molecule has 10 nitrogen and oxygen atoms in total. The minimum Gasteiger partial charge on any atom is -0.497 e. The highest BCUT2D eigenvalue weighted by molar-refractivity contribution is 7.92. The maximum absolute atomic E-state index is 13.8.